The van der Waals surface area contributed by atoms with E-state index in [-0.39, 0.29) is 0 Å². The van der Waals surface area contributed by atoms with Gasteiger partial charge in [-0.1, -0.05) is 23.4 Å². The number of oxime groups is 1. The highest BCUT2D eigenvalue weighted by atomic mass is 32.2. The van der Waals surface area contributed by atoms with Crippen molar-refractivity contribution in [2.75, 3.05) is 11.0 Å². The fourth-order valence-electron chi connectivity index (χ4n) is 2.57. The highest BCUT2D eigenvalue weighted by molar-refractivity contribution is 7.92. The summed E-state index contributed by atoms with van der Waals surface area (Å²) in [5, 5.41) is 12.4. The Bertz CT molecular complexity index is 861. The van der Waals surface area contributed by atoms with Crippen LogP contribution in [0.3, 0.4) is 0 Å². The average molecular weight is 332 g/mol. The van der Waals surface area contributed by atoms with Crippen molar-refractivity contribution in [3.8, 4) is 11.5 Å². The summed E-state index contributed by atoms with van der Waals surface area (Å²) >= 11 is 0. The number of ether oxygens (including phenoxy) is 1. The molecule has 2 aromatic carbocycles. The highest BCUT2D eigenvalue weighted by Gasteiger charge is 2.22. The van der Waals surface area contributed by atoms with Crippen LogP contribution in [0.2, 0.25) is 0 Å². The van der Waals surface area contributed by atoms with Crippen LogP contribution in [0.5, 0.6) is 11.5 Å². The Morgan fingerprint density at radius 2 is 1.91 bits per heavy atom. The molecule has 6 nitrogen and oxygen atoms in total. The summed E-state index contributed by atoms with van der Waals surface area (Å²) < 4.78 is 31.5. The molecular weight excluding hydrogens is 316 g/mol. The molecule has 0 heterocycles. The van der Waals surface area contributed by atoms with Crippen molar-refractivity contribution in [3.05, 3.63) is 53.6 Å². The van der Waals surface area contributed by atoms with Gasteiger partial charge in [0.25, 0.3) is 0 Å². The molecular formula is C16H16N2O4S. The molecule has 0 saturated heterocycles. The predicted molar refractivity (Wildman–Crippen MR) is 88.1 cm³/mol. The topological polar surface area (TPSA) is 88.0 Å². The van der Waals surface area contributed by atoms with E-state index in [1.807, 2.05) is 18.2 Å². The number of nitrogens with zero attached hydrogens (tertiary/aromatic N) is 1. The Kier molecular flexibility index (Phi) is 3.96. The molecule has 2 N–H and O–H groups in total. The lowest BCUT2D eigenvalue weighted by molar-refractivity contribution is 0.318. The molecule has 0 amide bonds. The Morgan fingerprint density at radius 1 is 1.17 bits per heavy atom. The minimum Gasteiger partial charge on any atom is -0.455 e. The molecule has 0 radical (unpaired) electrons. The summed E-state index contributed by atoms with van der Waals surface area (Å²) in [6, 6.07) is 12.5. The first-order valence-corrected chi connectivity index (χ1v) is 8.94. The van der Waals surface area contributed by atoms with E-state index in [0.29, 0.717) is 35.7 Å². The monoisotopic (exact) mass is 332 g/mol. The van der Waals surface area contributed by atoms with E-state index in [2.05, 4.69) is 9.88 Å². The summed E-state index contributed by atoms with van der Waals surface area (Å²) in [6.07, 6.45) is 2.39. The minimum atomic E-state index is -3.44. The quantitative estimate of drug-likeness (QED) is 0.665. The molecule has 0 atom stereocenters. The molecule has 2 aromatic rings. The second kappa shape index (κ2) is 5.92. The van der Waals surface area contributed by atoms with E-state index in [0.717, 1.165) is 17.4 Å². The zero-order chi connectivity index (χ0) is 16.4. The third kappa shape index (κ3) is 3.45. The lowest BCUT2D eigenvalue weighted by atomic mass is 10.1. The van der Waals surface area contributed by atoms with Crippen molar-refractivity contribution in [1.29, 1.82) is 0 Å². The maximum Gasteiger partial charge on any atom is 0.229 e. The van der Waals surface area contributed by atoms with Crippen molar-refractivity contribution < 1.29 is 18.4 Å². The molecule has 0 spiro atoms. The number of rotatable bonds is 4. The molecule has 1 aliphatic rings. The van der Waals surface area contributed by atoms with Gasteiger partial charge in [0.1, 0.15) is 5.75 Å². The van der Waals surface area contributed by atoms with Gasteiger partial charge in [-0.3, -0.25) is 4.72 Å². The number of aryl methyl sites for hydroxylation is 1. The zero-order valence-corrected chi connectivity index (χ0v) is 13.3. The summed E-state index contributed by atoms with van der Waals surface area (Å²) in [7, 11) is -3.44. The summed E-state index contributed by atoms with van der Waals surface area (Å²) in [5.41, 5.74) is 2.64. The van der Waals surface area contributed by atoms with Gasteiger partial charge >= 0.3 is 0 Å². The van der Waals surface area contributed by atoms with Crippen molar-refractivity contribution in [2.24, 2.45) is 5.16 Å². The van der Waals surface area contributed by atoms with E-state index in [9.17, 15) is 8.42 Å². The Hall–Kier alpha value is -2.54. The normalized spacial score (nSPS) is 15.4. The van der Waals surface area contributed by atoms with Crippen LogP contribution in [0.4, 0.5) is 5.69 Å². The van der Waals surface area contributed by atoms with Crippen molar-refractivity contribution in [1.82, 2.24) is 0 Å². The maximum atomic E-state index is 11.6. The number of fused-ring (bicyclic) bond motifs is 1. The number of benzene rings is 2. The molecule has 0 aliphatic heterocycles. The molecule has 0 fully saturated rings. The van der Waals surface area contributed by atoms with Crippen LogP contribution in [0.15, 0.2) is 47.6 Å². The van der Waals surface area contributed by atoms with Crippen LogP contribution in [0, 0.1) is 0 Å². The van der Waals surface area contributed by atoms with Crippen LogP contribution < -0.4 is 9.46 Å². The third-order valence-electron chi connectivity index (χ3n) is 3.53. The Morgan fingerprint density at radius 3 is 2.57 bits per heavy atom. The molecule has 7 heteroatoms. The molecule has 3 rings (SSSR count). The smallest absolute Gasteiger partial charge is 0.229 e. The van der Waals surface area contributed by atoms with Crippen LogP contribution in [0.1, 0.15) is 17.5 Å². The van der Waals surface area contributed by atoms with Crippen molar-refractivity contribution >= 4 is 21.4 Å². The van der Waals surface area contributed by atoms with Crippen LogP contribution >= 0.6 is 0 Å². The number of nitrogens with one attached hydrogen (secondary N) is 1. The van der Waals surface area contributed by atoms with Gasteiger partial charge in [-0.2, -0.15) is 0 Å². The number of para-hydroxylation sites is 1. The van der Waals surface area contributed by atoms with Crippen molar-refractivity contribution in [2.45, 2.75) is 12.8 Å². The molecule has 23 heavy (non-hydrogen) atoms. The fraction of sp³-hybridized carbons (Fsp3) is 0.188. The SMILES string of the molecule is CS(=O)(=O)Nc1cc2c(cc1Oc1ccccc1)/C(=N\O)CC2. The van der Waals surface area contributed by atoms with Crippen LogP contribution in [-0.2, 0) is 16.4 Å². The molecule has 0 aromatic heterocycles. The first-order valence-electron chi connectivity index (χ1n) is 7.05. The largest absolute Gasteiger partial charge is 0.455 e. The van der Waals surface area contributed by atoms with Crippen molar-refractivity contribution in [3.63, 3.8) is 0 Å². The van der Waals surface area contributed by atoms with Gasteiger partial charge in [0.05, 0.1) is 17.7 Å². The van der Waals surface area contributed by atoms with Gasteiger partial charge in [0.2, 0.25) is 10.0 Å². The maximum absolute atomic E-state index is 11.6. The average Bonchev–Trinajstić information content (AvgIpc) is 2.89. The summed E-state index contributed by atoms with van der Waals surface area (Å²) in [4.78, 5) is 0. The van der Waals surface area contributed by atoms with Gasteiger partial charge in [-0.05, 0) is 42.7 Å². The van der Waals surface area contributed by atoms with E-state index < -0.39 is 10.0 Å². The predicted octanol–water partition coefficient (Wildman–Crippen LogP) is 2.97. The first-order chi connectivity index (χ1) is 11.0. The van der Waals surface area contributed by atoms with E-state index >= 15 is 0 Å². The molecule has 1 aliphatic carbocycles. The highest BCUT2D eigenvalue weighted by Crippen LogP contribution is 2.36. The molecule has 0 bridgehead atoms. The molecule has 0 unspecified atom stereocenters. The van der Waals surface area contributed by atoms with Gasteiger partial charge in [-0.15, -0.1) is 0 Å². The zero-order valence-electron chi connectivity index (χ0n) is 12.5. The van der Waals surface area contributed by atoms with Gasteiger partial charge < -0.3 is 9.94 Å². The molecule has 120 valence electrons. The van der Waals surface area contributed by atoms with Gasteiger partial charge in [0.15, 0.2) is 5.75 Å². The number of sulfonamides is 1. The minimum absolute atomic E-state index is 0.364. The van der Waals surface area contributed by atoms with Gasteiger partial charge in [0, 0.05) is 5.56 Å². The number of hydrogen-bond acceptors (Lipinski definition) is 5. The van der Waals surface area contributed by atoms with Crippen LogP contribution in [-0.4, -0.2) is 25.6 Å². The second-order valence-electron chi connectivity index (χ2n) is 5.34. The standard InChI is InChI=1S/C16H16N2O4S/c1-23(20,21)18-15-9-11-7-8-14(17-19)13(11)10-16(15)22-12-5-3-2-4-6-12/h2-6,9-10,18-19H,7-8H2,1H3/b17-14-. The Labute approximate surface area is 134 Å². The fourth-order valence-corrected chi connectivity index (χ4v) is 3.13. The van der Waals surface area contributed by atoms with E-state index in [1.165, 1.54) is 0 Å². The van der Waals surface area contributed by atoms with E-state index in [4.69, 9.17) is 9.94 Å². The van der Waals surface area contributed by atoms with Gasteiger partial charge in [-0.25, -0.2) is 8.42 Å². The lowest BCUT2D eigenvalue weighted by Gasteiger charge is -2.14. The Balaban J connectivity index is 2.07. The molecule has 0 saturated carbocycles. The second-order valence-corrected chi connectivity index (χ2v) is 7.09. The number of hydrogen-bond donors (Lipinski definition) is 2. The first kappa shape index (κ1) is 15.4. The summed E-state index contributed by atoms with van der Waals surface area (Å²) in [5.74, 6) is 0.952. The lowest BCUT2D eigenvalue weighted by Crippen LogP contribution is -2.11. The van der Waals surface area contributed by atoms with E-state index in [1.54, 1.807) is 24.3 Å². The third-order valence-corrected chi connectivity index (χ3v) is 4.13. The summed E-state index contributed by atoms with van der Waals surface area (Å²) in [6.45, 7) is 0. The number of anilines is 1. The van der Waals surface area contributed by atoms with Crippen LogP contribution in [0.25, 0.3) is 0 Å².